The Balaban J connectivity index is 0.00000289. The van der Waals surface area contributed by atoms with Crippen LogP contribution in [0.5, 0.6) is 0 Å². The zero-order valence-corrected chi connectivity index (χ0v) is 12.2. The maximum Gasteiger partial charge on any atom is 0.217 e. The Labute approximate surface area is 116 Å². The third-order valence-electron chi connectivity index (χ3n) is 2.68. The summed E-state index contributed by atoms with van der Waals surface area (Å²) in [6, 6.07) is 10.3. The van der Waals surface area contributed by atoms with Gasteiger partial charge in [0.05, 0.1) is 6.04 Å². The molecule has 0 radical (unpaired) electrons. The number of nitrogens with zero attached hydrogens (tertiary/aromatic N) is 1. The summed E-state index contributed by atoms with van der Waals surface area (Å²) in [6.45, 7) is 2.62. The van der Waals surface area contributed by atoms with Crippen LogP contribution >= 0.6 is 12.4 Å². The van der Waals surface area contributed by atoms with Crippen molar-refractivity contribution in [3.05, 3.63) is 35.9 Å². The Morgan fingerprint density at radius 3 is 2.39 bits per heavy atom. The molecular formula is C14H23ClN2O. The third-order valence-corrected chi connectivity index (χ3v) is 2.68. The number of benzene rings is 1. The summed E-state index contributed by atoms with van der Waals surface area (Å²) in [5, 5.41) is 3.01. The molecule has 0 heterocycles. The fourth-order valence-corrected chi connectivity index (χ4v) is 1.86. The number of rotatable bonds is 6. The highest BCUT2D eigenvalue weighted by molar-refractivity contribution is 5.85. The fourth-order valence-electron chi connectivity index (χ4n) is 1.86. The van der Waals surface area contributed by atoms with Gasteiger partial charge < -0.3 is 10.2 Å². The van der Waals surface area contributed by atoms with Gasteiger partial charge in [0.25, 0.3) is 0 Å². The van der Waals surface area contributed by atoms with E-state index in [0.717, 1.165) is 19.4 Å². The molecule has 0 aliphatic heterocycles. The van der Waals surface area contributed by atoms with E-state index in [0.29, 0.717) is 0 Å². The summed E-state index contributed by atoms with van der Waals surface area (Å²) >= 11 is 0. The summed E-state index contributed by atoms with van der Waals surface area (Å²) in [7, 11) is 4.13. The van der Waals surface area contributed by atoms with Crippen LogP contribution in [0.3, 0.4) is 0 Å². The maximum absolute atomic E-state index is 11.2. The minimum atomic E-state index is 0. The van der Waals surface area contributed by atoms with E-state index < -0.39 is 0 Å². The van der Waals surface area contributed by atoms with Crippen molar-refractivity contribution in [2.24, 2.45) is 0 Å². The van der Waals surface area contributed by atoms with Crippen molar-refractivity contribution in [1.29, 1.82) is 0 Å². The normalized spacial score (nSPS) is 11.8. The second kappa shape index (κ2) is 8.95. The summed E-state index contributed by atoms with van der Waals surface area (Å²) in [6.07, 6.45) is 2.05. The van der Waals surface area contributed by atoms with Gasteiger partial charge in [-0.05, 0) is 39.0 Å². The van der Waals surface area contributed by atoms with Crippen LogP contribution in [-0.4, -0.2) is 31.4 Å². The first kappa shape index (κ1) is 16.9. The van der Waals surface area contributed by atoms with Crippen LogP contribution in [0.25, 0.3) is 0 Å². The fraction of sp³-hybridized carbons (Fsp3) is 0.500. The monoisotopic (exact) mass is 270 g/mol. The Hall–Kier alpha value is -1.06. The molecule has 0 aromatic heterocycles. The molecule has 1 unspecified atom stereocenters. The quantitative estimate of drug-likeness (QED) is 0.862. The highest BCUT2D eigenvalue weighted by atomic mass is 35.5. The Morgan fingerprint density at radius 2 is 1.89 bits per heavy atom. The standard InChI is InChI=1S/C14H22N2O.ClH/c1-12(17)15-14(10-7-11-16(2)3)13-8-5-4-6-9-13;/h4-6,8-9,14H,7,10-11H2,1-3H3,(H,15,17);1H. The van der Waals surface area contributed by atoms with Gasteiger partial charge in [-0.2, -0.15) is 0 Å². The second-order valence-electron chi connectivity index (χ2n) is 4.61. The van der Waals surface area contributed by atoms with Gasteiger partial charge >= 0.3 is 0 Å². The molecule has 0 spiro atoms. The molecule has 0 aliphatic carbocycles. The van der Waals surface area contributed by atoms with Gasteiger partial charge in [0.1, 0.15) is 0 Å². The molecule has 1 aromatic carbocycles. The molecular weight excluding hydrogens is 248 g/mol. The molecule has 4 heteroatoms. The van der Waals surface area contributed by atoms with Crippen molar-refractivity contribution in [1.82, 2.24) is 10.2 Å². The van der Waals surface area contributed by atoms with Gasteiger partial charge in [-0.15, -0.1) is 12.4 Å². The lowest BCUT2D eigenvalue weighted by atomic mass is 10.0. The maximum atomic E-state index is 11.2. The average molecular weight is 271 g/mol. The van der Waals surface area contributed by atoms with E-state index in [-0.39, 0.29) is 24.4 Å². The molecule has 0 bridgehead atoms. The van der Waals surface area contributed by atoms with Gasteiger partial charge in [0, 0.05) is 6.92 Å². The number of carbonyl (C=O) groups is 1. The smallest absolute Gasteiger partial charge is 0.217 e. The van der Waals surface area contributed by atoms with E-state index in [1.807, 2.05) is 18.2 Å². The number of hydrogen-bond acceptors (Lipinski definition) is 2. The number of halogens is 1. The summed E-state index contributed by atoms with van der Waals surface area (Å²) < 4.78 is 0. The van der Waals surface area contributed by atoms with Gasteiger partial charge in [0.15, 0.2) is 0 Å². The highest BCUT2D eigenvalue weighted by Crippen LogP contribution is 2.18. The van der Waals surface area contributed by atoms with Crippen LogP contribution in [0.4, 0.5) is 0 Å². The lowest BCUT2D eigenvalue weighted by Crippen LogP contribution is -2.27. The second-order valence-corrected chi connectivity index (χ2v) is 4.61. The predicted molar refractivity (Wildman–Crippen MR) is 78.0 cm³/mol. The lowest BCUT2D eigenvalue weighted by molar-refractivity contribution is -0.119. The first-order valence-corrected chi connectivity index (χ1v) is 6.06. The van der Waals surface area contributed by atoms with Crippen molar-refractivity contribution < 1.29 is 4.79 Å². The highest BCUT2D eigenvalue weighted by Gasteiger charge is 2.11. The summed E-state index contributed by atoms with van der Waals surface area (Å²) in [4.78, 5) is 13.4. The Bertz CT molecular complexity index is 341. The van der Waals surface area contributed by atoms with Crippen LogP contribution in [0.15, 0.2) is 30.3 Å². The minimum Gasteiger partial charge on any atom is -0.350 e. The molecule has 1 aromatic rings. The van der Waals surface area contributed by atoms with E-state index in [2.05, 4.69) is 36.4 Å². The van der Waals surface area contributed by atoms with Gasteiger partial charge in [-0.25, -0.2) is 0 Å². The van der Waals surface area contributed by atoms with Gasteiger partial charge in [-0.1, -0.05) is 30.3 Å². The van der Waals surface area contributed by atoms with Crippen molar-refractivity contribution in [2.75, 3.05) is 20.6 Å². The van der Waals surface area contributed by atoms with E-state index in [1.54, 1.807) is 6.92 Å². The molecule has 0 saturated carbocycles. The topological polar surface area (TPSA) is 32.3 Å². The number of carbonyl (C=O) groups excluding carboxylic acids is 1. The molecule has 3 nitrogen and oxygen atoms in total. The Kier molecular flexibility index (Phi) is 8.42. The molecule has 0 aliphatic rings. The SMILES string of the molecule is CC(=O)NC(CCCN(C)C)c1ccccc1.Cl. The largest absolute Gasteiger partial charge is 0.350 e. The van der Waals surface area contributed by atoms with Gasteiger partial charge in [-0.3, -0.25) is 4.79 Å². The number of hydrogen-bond donors (Lipinski definition) is 1. The number of nitrogens with one attached hydrogen (secondary N) is 1. The molecule has 1 amide bonds. The van der Waals surface area contributed by atoms with Crippen LogP contribution in [-0.2, 0) is 4.79 Å². The van der Waals surface area contributed by atoms with E-state index in [1.165, 1.54) is 5.56 Å². The Morgan fingerprint density at radius 1 is 1.28 bits per heavy atom. The summed E-state index contributed by atoms with van der Waals surface area (Å²) in [5.74, 6) is 0.0312. The van der Waals surface area contributed by atoms with Gasteiger partial charge in [0.2, 0.25) is 5.91 Å². The molecule has 1 atom stereocenters. The zero-order valence-electron chi connectivity index (χ0n) is 11.3. The molecule has 1 N–H and O–H groups in total. The molecule has 0 fully saturated rings. The molecule has 18 heavy (non-hydrogen) atoms. The first-order valence-electron chi connectivity index (χ1n) is 6.06. The van der Waals surface area contributed by atoms with Crippen molar-refractivity contribution >= 4 is 18.3 Å². The third kappa shape index (κ3) is 6.62. The lowest BCUT2D eigenvalue weighted by Gasteiger charge is -2.19. The molecule has 0 saturated heterocycles. The predicted octanol–water partition coefficient (Wildman–Crippen LogP) is 2.63. The van der Waals surface area contributed by atoms with Crippen molar-refractivity contribution in [2.45, 2.75) is 25.8 Å². The molecule has 1 rings (SSSR count). The van der Waals surface area contributed by atoms with Crippen LogP contribution in [0, 0.1) is 0 Å². The van der Waals surface area contributed by atoms with Crippen molar-refractivity contribution in [3.63, 3.8) is 0 Å². The van der Waals surface area contributed by atoms with E-state index >= 15 is 0 Å². The van der Waals surface area contributed by atoms with Crippen LogP contribution in [0.1, 0.15) is 31.4 Å². The van der Waals surface area contributed by atoms with Crippen LogP contribution < -0.4 is 5.32 Å². The molecule has 102 valence electrons. The van der Waals surface area contributed by atoms with E-state index in [4.69, 9.17) is 0 Å². The van der Waals surface area contributed by atoms with Crippen molar-refractivity contribution in [3.8, 4) is 0 Å². The van der Waals surface area contributed by atoms with E-state index in [9.17, 15) is 4.79 Å². The first-order chi connectivity index (χ1) is 8.09. The number of amides is 1. The minimum absolute atomic E-state index is 0. The average Bonchev–Trinajstić information content (AvgIpc) is 2.28. The summed E-state index contributed by atoms with van der Waals surface area (Å²) in [5.41, 5.74) is 1.18. The zero-order chi connectivity index (χ0) is 12.7. The van der Waals surface area contributed by atoms with Crippen LogP contribution in [0.2, 0.25) is 0 Å².